The number of aliphatic imine (C=N–C) groups is 2. The van der Waals surface area contributed by atoms with Gasteiger partial charge in [-0.2, -0.15) is 0 Å². The first kappa shape index (κ1) is 11.0. The molecule has 13 heavy (non-hydrogen) atoms. The van der Waals surface area contributed by atoms with E-state index in [2.05, 4.69) is 37.6 Å². The van der Waals surface area contributed by atoms with Crippen molar-refractivity contribution in [3.05, 3.63) is 23.8 Å². The van der Waals surface area contributed by atoms with Gasteiger partial charge in [0.2, 0.25) is 0 Å². The van der Waals surface area contributed by atoms with Crippen molar-refractivity contribution in [2.45, 2.75) is 9.43 Å². The minimum absolute atomic E-state index is 0.621. The van der Waals surface area contributed by atoms with Gasteiger partial charge in [-0.3, -0.25) is 0 Å². The molecule has 0 atom stereocenters. The molecular formula is C10H12N2Pr. The molecule has 0 fully saturated rings. The van der Waals surface area contributed by atoms with Gasteiger partial charge in [-0.25, -0.2) is 0 Å². The SMILES string of the molecule is CN=C=Nc1cc[c]([Pr][CH3])c(C)c1. The Hall–Kier alpha value is -0.0364. The average molecular weight is 301 g/mol. The maximum atomic E-state index is 4.07. The molecule has 1 aromatic rings. The van der Waals surface area contributed by atoms with Crippen LogP contribution in [0.1, 0.15) is 5.56 Å². The van der Waals surface area contributed by atoms with Crippen LogP contribution in [0.3, 0.4) is 0 Å². The fraction of sp³-hybridized carbons (Fsp3) is 0.300. The Labute approximate surface area is 99.1 Å². The first-order valence-electron chi connectivity index (χ1n) is 4.22. The molecule has 1 rings (SSSR count). The summed E-state index contributed by atoms with van der Waals surface area (Å²) in [7, 11) is 1.67. The van der Waals surface area contributed by atoms with Gasteiger partial charge in [0, 0.05) is 0 Å². The van der Waals surface area contributed by atoms with E-state index in [4.69, 9.17) is 0 Å². The molecule has 0 unspecified atom stereocenters. The Morgan fingerprint density at radius 3 is 2.69 bits per heavy atom. The standard InChI is InChI=1S/C9H9N2.CH3.Pr/c1-8-4-3-5-9(6-8)11-7-10-2;;/h3,5-6H,1-2H3;1H3;. The van der Waals surface area contributed by atoms with Gasteiger partial charge in [-0.05, 0) is 0 Å². The molecule has 3 heteroatoms. The minimum atomic E-state index is -0.621. The molecule has 0 heterocycles. The Bertz CT molecular complexity index is 352. The molecule has 0 bridgehead atoms. The number of nitrogens with zero attached hydrogens (tertiary/aromatic N) is 2. The van der Waals surface area contributed by atoms with Crippen LogP contribution in [0, 0.1) is 44.1 Å². The van der Waals surface area contributed by atoms with E-state index in [1.807, 2.05) is 6.07 Å². The van der Waals surface area contributed by atoms with Gasteiger partial charge in [-0.1, -0.05) is 0 Å². The van der Waals surface area contributed by atoms with Crippen LogP contribution in [0.5, 0.6) is 0 Å². The molecular weight excluding hydrogens is 289 g/mol. The fourth-order valence-corrected chi connectivity index (χ4v) is 3.82. The van der Waals surface area contributed by atoms with E-state index in [1.54, 1.807) is 8.19 Å². The van der Waals surface area contributed by atoms with E-state index in [1.165, 1.54) is 5.56 Å². The number of hydrogen-bond acceptors (Lipinski definition) is 2. The number of hydrogen-bond donors (Lipinski definition) is 0. The second-order valence-electron chi connectivity index (χ2n) is 2.76. The number of rotatable bonds is 2. The van der Waals surface area contributed by atoms with Crippen molar-refractivity contribution in [1.29, 1.82) is 0 Å². The van der Waals surface area contributed by atoms with Crippen molar-refractivity contribution in [1.82, 2.24) is 0 Å². The zero-order valence-electron chi connectivity index (χ0n) is 8.20. The summed E-state index contributed by atoms with van der Waals surface area (Å²) >= 11 is -0.621. The van der Waals surface area contributed by atoms with E-state index < -0.39 is 37.1 Å². The van der Waals surface area contributed by atoms with Crippen LogP contribution < -0.4 is 1.15 Å². The van der Waals surface area contributed by atoms with Gasteiger partial charge >= 0.3 is 100 Å². The monoisotopic (exact) mass is 301 g/mol. The van der Waals surface area contributed by atoms with Gasteiger partial charge < -0.3 is 0 Å². The molecule has 65 valence electrons. The van der Waals surface area contributed by atoms with E-state index >= 15 is 0 Å². The quantitative estimate of drug-likeness (QED) is 0.748. The van der Waals surface area contributed by atoms with Gasteiger partial charge in [0.1, 0.15) is 0 Å². The zero-order chi connectivity index (χ0) is 9.68. The van der Waals surface area contributed by atoms with Crippen LogP contribution in [0.2, 0.25) is 2.51 Å². The van der Waals surface area contributed by atoms with Crippen LogP contribution in [-0.4, -0.2) is 13.1 Å². The first-order valence-corrected chi connectivity index (χ1v) is 9.78. The van der Waals surface area contributed by atoms with E-state index in [0.717, 1.165) is 5.69 Å². The molecule has 0 N–H and O–H groups in total. The normalized spacial score (nSPS) is 8.54. The summed E-state index contributed by atoms with van der Waals surface area (Å²) in [6.45, 7) is 2.15. The van der Waals surface area contributed by atoms with Crippen LogP contribution in [0.4, 0.5) is 5.69 Å². The van der Waals surface area contributed by atoms with Crippen molar-refractivity contribution in [3.8, 4) is 0 Å². The molecule has 0 saturated carbocycles. The Morgan fingerprint density at radius 1 is 1.38 bits per heavy atom. The second kappa shape index (κ2) is 5.64. The van der Waals surface area contributed by atoms with Crippen molar-refractivity contribution >= 4 is 12.8 Å². The molecule has 1 aromatic carbocycles. The maximum absolute atomic E-state index is 4.07. The van der Waals surface area contributed by atoms with E-state index in [0.29, 0.717) is 0 Å². The summed E-state index contributed by atoms with van der Waals surface area (Å²) in [4.78, 5) is 7.77. The molecule has 0 radical (unpaired) electrons. The average Bonchev–Trinajstić information content (AvgIpc) is 2.15. The van der Waals surface area contributed by atoms with Crippen molar-refractivity contribution < 1.29 is 37.1 Å². The van der Waals surface area contributed by atoms with Crippen LogP contribution in [-0.2, 0) is 0 Å². The summed E-state index contributed by atoms with van der Waals surface area (Å²) in [5.41, 5.74) is 2.32. The predicted molar refractivity (Wildman–Crippen MR) is 52.1 cm³/mol. The van der Waals surface area contributed by atoms with Crippen molar-refractivity contribution in [3.63, 3.8) is 0 Å². The van der Waals surface area contributed by atoms with E-state index in [-0.39, 0.29) is 0 Å². The molecule has 0 aliphatic rings. The molecule has 0 aliphatic heterocycles. The first-order chi connectivity index (χ1) is 6.27. The third-order valence-corrected chi connectivity index (χ3v) is 5.92. The molecule has 0 aliphatic carbocycles. The van der Waals surface area contributed by atoms with Gasteiger partial charge in [0.05, 0.1) is 0 Å². The summed E-state index contributed by atoms with van der Waals surface area (Å²) in [6, 6.07) is 8.94. The number of benzene rings is 1. The Morgan fingerprint density at radius 2 is 2.15 bits per heavy atom. The predicted octanol–water partition coefficient (Wildman–Crippen LogP) is 2.19. The summed E-state index contributed by atoms with van der Waals surface area (Å²) in [6.07, 6.45) is 0. The topological polar surface area (TPSA) is 24.7 Å². The van der Waals surface area contributed by atoms with Crippen LogP contribution in [0.15, 0.2) is 28.2 Å². The molecule has 0 aromatic heterocycles. The third kappa shape index (κ3) is 3.30. The Kier molecular flexibility index (Phi) is 4.79. The van der Waals surface area contributed by atoms with Gasteiger partial charge in [0.25, 0.3) is 0 Å². The Balaban J connectivity index is 3.02. The summed E-state index contributed by atoms with van der Waals surface area (Å²) in [5.74, 6) is 0. The second-order valence-corrected chi connectivity index (χ2v) is 6.61. The number of aryl methyl sites for hydroxylation is 1. The van der Waals surface area contributed by atoms with Crippen LogP contribution in [0.25, 0.3) is 0 Å². The summed E-state index contributed by atoms with van der Waals surface area (Å²) in [5, 5.41) is 0. The molecule has 0 saturated heterocycles. The fourth-order valence-electron chi connectivity index (χ4n) is 1.16. The zero-order valence-corrected chi connectivity index (χ0v) is 11.9. The van der Waals surface area contributed by atoms with Gasteiger partial charge in [-0.15, -0.1) is 0 Å². The summed E-state index contributed by atoms with van der Waals surface area (Å²) < 4.78 is 3.94. The molecule has 0 spiro atoms. The van der Waals surface area contributed by atoms with Crippen LogP contribution >= 0.6 is 0 Å². The third-order valence-electron chi connectivity index (χ3n) is 1.84. The van der Waals surface area contributed by atoms with Gasteiger partial charge in [0.15, 0.2) is 0 Å². The molecule has 0 amide bonds. The van der Waals surface area contributed by atoms with Crippen molar-refractivity contribution in [2.75, 3.05) is 7.05 Å². The van der Waals surface area contributed by atoms with Crippen molar-refractivity contribution in [2.24, 2.45) is 9.98 Å². The molecule has 2 nitrogen and oxygen atoms in total. The van der Waals surface area contributed by atoms with E-state index in [9.17, 15) is 0 Å².